The van der Waals surface area contributed by atoms with Gasteiger partial charge in [-0.3, -0.25) is 14.9 Å². The molecule has 0 atom stereocenters. The van der Waals surface area contributed by atoms with Gasteiger partial charge >= 0.3 is 5.88 Å². The zero-order valence-corrected chi connectivity index (χ0v) is 17.7. The van der Waals surface area contributed by atoms with E-state index in [-0.39, 0.29) is 18.1 Å². The largest absolute Gasteiger partial charge is 0.433 e. The van der Waals surface area contributed by atoms with Crippen LogP contribution < -0.4 is 5.01 Å². The maximum atomic E-state index is 13.0. The molecule has 0 unspecified atom stereocenters. The van der Waals surface area contributed by atoms with Gasteiger partial charge in [-0.05, 0) is 29.8 Å². The number of benzene rings is 2. The summed E-state index contributed by atoms with van der Waals surface area (Å²) in [6.45, 7) is 0. The number of halogens is 1. The van der Waals surface area contributed by atoms with E-state index in [1.54, 1.807) is 0 Å². The van der Waals surface area contributed by atoms with Gasteiger partial charge in [-0.25, -0.2) is 4.98 Å². The molecule has 30 heavy (non-hydrogen) atoms. The Kier molecular flexibility index (Phi) is 5.68. The number of carbonyl (C=O) groups excluding carboxylic acids is 1. The van der Waals surface area contributed by atoms with Gasteiger partial charge in [0.2, 0.25) is 5.13 Å². The number of rotatable bonds is 6. The quantitative estimate of drug-likeness (QED) is 0.213. The zero-order chi connectivity index (χ0) is 21.1. The molecule has 0 aliphatic rings. The first-order chi connectivity index (χ1) is 14.5. The van der Waals surface area contributed by atoms with Crippen LogP contribution >= 0.6 is 27.3 Å². The summed E-state index contributed by atoms with van der Waals surface area (Å²) in [6.07, 6.45) is 1.38. The van der Waals surface area contributed by atoms with Crippen molar-refractivity contribution < 1.29 is 14.1 Å². The average molecular weight is 485 g/mol. The monoisotopic (exact) mass is 484 g/mol. The third kappa shape index (κ3) is 4.44. The number of nitrogens with zero attached hydrogens (tertiary/aromatic N) is 4. The number of hydrogen-bond donors (Lipinski definition) is 0. The lowest BCUT2D eigenvalue weighted by Gasteiger charge is -2.13. The van der Waals surface area contributed by atoms with E-state index >= 15 is 0 Å². The minimum absolute atomic E-state index is 0.121. The number of furan rings is 1. The molecular weight excluding hydrogens is 472 g/mol. The number of hydrogen-bond acceptors (Lipinski definition) is 7. The number of hydrazone groups is 1. The molecule has 0 spiro atoms. The van der Waals surface area contributed by atoms with Gasteiger partial charge in [0.15, 0.2) is 5.76 Å². The van der Waals surface area contributed by atoms with E-state index in [4.69, 9.17) is 4.42 Å². The molecule has 0 N–H and O–H groups in total. The van der Waals surface area contributed by atoms with Crippen molar-refractivity contribution in [2.45, 2.75) is 6.42 Å². The average Bonchev–Trinajstić information content (AvgIpc) is 3.36. The second-order valence-electron chi connectivity index (χ2n) is 6.15. The Labute approximate surface area is 182 Å². The summed E-state index contributed by atoms with van der Waals surface area (Å²) < 4.78 is 6.89. The maximum absolute atomic E-state index is 13.0. The normalized spacial score (nSPS) is 11.2. The van der Waals surface area contributed by atoms with Crippen molar-refractivity contribution in [3.05, 3.63) is 86.6 Å². The fourth-order valence-electron chi connectivity index (χ4n) is 2.67. The van der Waals surface area contributed by atoms with Gasteiger partial charge in [0.05, 0.1) is 28.9 Å². The Morgan fingerprint density at radius 1 is 1.23 bits per heavy atom. The van der Waals surface area contributed by atoms with E-state index in [0.29, 0.717) is 5.13 Å². The molecule has 0 saturated carbocycles. The minimum Gasteiger partial charge on any atom is -0.400 e. The lowest BCUT2D eigenvalue weighted by molar-refractivity contribution is -0.402. The van der Waals surface area contributed by atoms with Crippen LogP contribution in [0.3, 0.4) is 0 Å². The standard InChI is InChI=1S/C20H13BrN4O4S/c21-14-6-8-16-17(11-14)30-20(23-16)24(18(26)10-13-4-2-1-3-5-13)22-12-15-7-9-19(29-15)25(27)28/h1-9,11-12H,10H2/b22-12+. The lowest BCUT2D eigenvalue weighted by atomic mass is 10.1. The topological polar surface area (TPSA) is 102 Å². The van der Waals surface area contributed by atoms with Gasteiger partial charge < -0.3 is 4.42 Å². The number of thiazole rings is 1. The van der Waals surface area contributed by atoms with E-state index < -0.39 is 10.8 Å². The Morgan fingerprint density at radius 3 is 2.77 bits per heavy atom. The molecule has 1 amide bonds. The molecule has 0 aliphatic carbocycles. The molecule has 0 radical (unpaired) electrons. The van der Waals surface area contributed by atoms with Crippen LogP contribution in [0, 0.1) is 10.1 Å². The Morgan fingerprint density at radius 2 is 2.03 bits per heavy atom. The fraction of sp³-hybridized carbons (Fsp3) is 0.0500. The highest BCUT2D eigenvalue weighted by atomic mass is 79.9. The number of aromatic nitrogens is 1. The van der Waals surface area contributed by atoms with Crippen molar-refractivity contribution in [2.75, 3.05) is 5.01 Å². The summed E-state index contributed by atoms with van der Waals surface area (Å²) in [5.41, 5.74) is 1.57. The van der Waals surface area contributed by atoms with Gasteiger partial charge in [0.1, 0.15) is 4.92 Å². The number of fused-ring (bicyclic) bond motifs is 1. The van der Waals surface area contributed by atoms with Crippen LogP contribution in [0.4, 0.5) is 11.0 Å². The summed E-state index contributed by atoms with van der Waals surface area (Å²) >= 11 is 4.74. The zero-order valence-electron chi connectivity index (χ0n) is 15.3. The molecule has 0 aliphatic heterocycles. The SMILES string of the molecule is O=C(Cc1ccccc1)N(/N=C/c1ccc([N+](=O)[O-])o1)c1nc2ccc(Br)cc2s1. The Hall–Kier alpha value is -3.37. The van der Waals surface area contributed by atoms with Crippen LogP contribution in [0.2, 0.25) is 0 Å². The predicted molar refractivity (Wildman–Crippen MR) is 118 cm³/mol. The number of carbonyl (C=O) groups is 1. The van der Waals surface area contributed by atoms with Crippen molar-refractivity contribution in [3.8, 4) is 0 Å². The van der Waals surface area contributed by atoms with E-state index in [1.807, 2.05) is 48.5 Å². The number of amides is 1. The second-order valence-corrected chi connectivity index (χ2v) is 8.08. The van der Waals surface area contributed by atoms with Crippen LogP contribution in [0.5, 0.6) is 0 Å². The first-order valence-electron chi connectivity index (χ1n) is 8.71. The van der Waals surface area contributed by atoms with E-state index in [9.17, 15) is 14.9 Å². The third-order valence-corrected chi connectivity index (χ3v) is 5.53. The molecule has 2 aromatic heterocycles. The molecule has 8 nitrogen and oxygen atoms in total. The summed E-state index contributed by atoms with van der Waals surface area (Å²) in [5.74, 6) is -0.539. The van der Waals surface area contributed by atoms with Crippen molar-refractivity contribution >= 4 is 60.6 Å². The predicted octanol–water partition coefficient (Wildman–Crippen LogP) is 5.17. The summed E-state index contributed by atoms with van der Waals surface area (Å²) in [6, 6.07) is 17.6. The summed E-state index contributed by atoms with van der Waals surface area (Å²) in [5, 5.41) is 16.6. The highest BCUT2D eigenvalue weighted by molar-refractivity contribution is 9.10. The van der Waals surface area contributed by atoms with Crippen LogP contribution in [0.25, 0.3) is 10.2 Å². The maximum Gasteiger partial charge on any atom is 0.433 e. The van der Waals surface area contributed by atoms with Gasteiger partial charge in [-0.15, -0.1) is 0 Å². The van der Waals surface area contributed by atoms with Gasteiger partial charge in [0.25, 0.3) is 5.91 Å². The summed E-state index contributed by atoms with van der Waals surface area (Å²) in [7, 11) is 0. The summed E-state index contributed by atoms with van der Waals surface area (Å²) in [4.78, 5) is 27.7. The van der Waals surface area contributed by atoms with Crippen LogP contribution in [0.1, 0.15) is 11.3 Å². The van der Waals surface area contributed by atoms with Crippen molar-refractivity contribution in [3.63, 3.8) is 0 Å². The van der Waals surface area contributed by atoms with Gasteiger partial charge in [0, 0.05) is 4.47 Å². The molecule has 4 aromatic rings. The molecule has 4 rings (SSSR count). The third-order valence-electron chi connectivity index (χ3n) is 4.05. The van der Waals surface area contributed by atoms with Crippen molar-refractivity contribution in [2.24, 2.45) is 5.10 Å². The number of nitro groups is 1. The van der Waals surface area contributed by atoms with Crippen LogP contribution in [-0.4, -0.2) is 22.0 Å². The first-order valence-corrected chi connectivity index (χ1v) is 10.3. The van der Waals surface area contributed by atoms with E-state index in [2.05, 4.69) is 26.0 Å². The van der Waals surface area contributed by atoms with E-state index in [1.165, 1.54) is 34.7 Å². The molecule has 150 valence electrons. The number of anilines is 1. The lowest BCUT2D eigenvalue weighted by Crippen LogP contribution is -2.27. The minimum atomic E-state index is -0.638. The van der Waals surface area contributed by atoms with Crippen LogP contribution in [0.15, 0.2) is 74.7 Å². The molecule has 2 heterocycles. The van der Waals surface area contributed by atoms with E-state index in [0.717, 1.165) is 20.3 Å². The van der Waals surface area contributed by atoms with Gasteiger partial charge in [-0.2, -0.15) is 10.1 Å². The second kappa shape index (κ2) is 8.56. The Balaban J connectivity index is 1.68. The smallest absolute Gasteiger partial charge is 0.400 e. The molecular formula is C20H13BrN4O4S. The highest BCUT2D eigenvalue weighted by Gasteiger charge is 2.20. The molecule has 10 heteroatoms. The van der Waals surface area contributed by atoms with Gasteiger partial charge in [-0.1, -0.05) is 57.6 Å². The molecule has 0 saturated heterocycles. The molecule has 0 fully saturated rings. The highest BCUT2D eigenvalue weighted by Crippen LogP contribution is 2.31. The first kappa shape index (κ1) is 19.9. The van der Waals surface area contributed by atoms with Crippen LogP contribution in [-0.2, 0) is 11.2 Å². The fourth-order valence-corrected chi connectivity index (χ4v) is 4.16. The molecule has 0 bridgehead atoms. The molecule has 2 aromatic carbocycles. The Bertz CT molecular complexity index is 1250. The van der Waals surface area contributed by atoms with Crippen molar-refractivity contribution in [1.29, 1.82) is 0 Å². The van der Waals surface area contributed by atoms with Crippen molar-refractivity contribution in [1.82, 2.24) is 4.98 Å².